The Labute approximate surface area is 285 Å². The molecule has 2 aromatic heterocycles. The number of para-hydroxylation sites is 2. The highest BCUT2D eigenvalue weighted by Gasteiger charge is 2.51. The molecule has 2 aliphatic rings. The van der Waals surface area contributed by atoms with Gasteiger partial charge in [-0.2, -0.15) is 0 Å². The van der Waals surface area contributed by atoms with Crippen molar-refractivity contribution in [1.82, 2.24) is 9.55 Å². The summed E-state index contributed by atoms with van der Waals surface area (Å²) in [5.41, 5.74) is 16.8. The number of allylic oxidation sites excluding steroid dienone is 5. The molecule has 10 rings (SSSR count). The Balaban J connectivity index is 1.33. The fourth-order valence-corrected chi connectivity index (χ4v) is 8.75. The monoisotopic (exact) mass is 624 g/mol. The summed E-state index contributed by atoms with van der Waals surface area (Å²) in [7, 11) is 0. The van der Waals surface area contributed by atoms with Crippen molar-refractivity contribution in [2.75, 3.05) is 0 Å². The van der Waals surface area contributed by atoms with Gasteiger partial charge < -0.3 is 4.57 Å². The molecule has 0 N–H and O–H groups in total. The number of hydrogen-bond acceptors (Lipinski definition) is 1. The van der Waals surface area contributed by atoms with Gasteiger partial charge in [-0.15, -0.1) is 0 Å². The van der Waals surface area contributed by atoms with Crippen molar-refractivity contribution in [3.05, 3.63) is 198 Å². The van der Waals surface area contributed by atoms with Gasteiger partial charge in [-0.3, -0.25) is 0 Å². The van der Waals surface area contributed by atoms with E-state index in [0.29, 0.717) is 0 Å². The van der Waals surface area contributed by atoms with Crippen molar-refractivity contribution in [1.29, 1.82) is 0 Å². The van der Waals surface area contributed by atoms with Crippen LogP contribution in [0.5, 0.6) is 0 Å². The van der Waals surface area contributed by atoms with E-state index in [-0.39, 0.29) is 0 Å². The first-order valence-corrected chi connectivity index (χ1v) is 16.9. The molecule has 230 valence electrons. The molecule has 2 aliphatic carbocycles. The van der Waals surface area contributed by atoms with E-state index in [1.165, 1.54) is 66.3 Å². The standard InChI is InChI=1S/C47H32N2/c1-3-4-17-34-30(2)47(40-20-11-9-18-35(40)36-19-10-12-21-41(36)47)42-28-39-38-27-32(44-25-23-31-14-8-13-22-43(31)48-44)24-26-45(38)49(46(39)29-37(34)42)33-15-6-5-7-16-33/h3-29H,1H2,2H3/b17-4-. The largest absolute Gasteiger partial charge is 0.309 e. The molecule has 8 aromatic rings. The minimum Gasteiger partial charge on any atom is -0.309 e. The van der Waals surface area contributed by atoms with E-state index >= 15 is 0 Å². The molecule has 0 bridgehead atoms. The molecular formula is C47H32N2. The Hall–Kier alpha value is -6.25. The first-order chi connectivity index (χ1) is 24.2. The van der Waals surface area contributed by atoms with Gasteiger partial charge >= 0.3 is 0 Å². The summed E-state index contributed by atoms with van der Waals surface area (Å²) in [4.78, 5) is 5.08. The van der Waals surface area contributed by atoms with Crippen molar-refractivity contribution in [2.45, 2.75) is 12.3 Å². The Kier molecular flexibility index (Phi) is 5.89. The average molecular weight is 625 g/mol. The van der Waals surface area contributed by atoms with Crippen LogP contribution in [0.2, 0.25) is 0 Å². The van der Waals surface area contributed by atoms with Crippen LogP contribution in [0, 0.1) is 0 Å². The molecule has 0 radical (unpaired) electrons. The molecule has 2 heteroatoms. The number of nitrogens with zero attached hydrogens (tertiary/aromatic N) is 2. The number of pyridine rings is 1. The van der Waals surface area contributed by atoms with E-state index in [1.807, 2.05) is 6.08 Å². The molecule has 0 unspecified atom stereocenters. The molecule has 0 atom stereocenters. The lowest BCUT2D eigenvalue weighted by Gasteiger charge is -2.31. The van der Waals surface area contributed by atoms with Gasteiger partial charge in [0.1, 0.15) is 0 Å². The van der Waals surface area contributed by atoms with Gasteiger partial charge in [0.2, 0.25) is 0 Å². The van der Waals surface area contributed by atoms with E-state index in [0.717, 1.165) is 27.8 Å². The fourth-order valence-electron chi connectivity index (χ4n) is 8.75. The van der Waals surface area contributed by atoms with Crippen LogP contribution in [0.25, 0.3) is 66.4 Å². The zero-order chi connectivity index (χ0) is 32.7. The van der Waals surface area contributed by atoms with Gasteiger partial charge in [-0.25, -0.2) is 4.98 Å². The van der Waals surface area contributed by atoms with Gasteiger partial charge in [0.25, 0.3) is 0 Å². The fraction of sp³-hybridized carbons (Fsp3) is 0.0426. The Bertz CT molecular complexity index is 2690. The van der Waals surface area contributed by atoms with E-state index < -0.39 is 5.41 Å². The minimum absolute atomic E-state index is 0.393. The molecule has 49 heavy (non-hydrogen) atoms. The summed E-state index contributed by atoms with van der Waals surface area (Å²) in [6, 6.07) is 53.1. The predicted octanol–water partition coefficient (Wildman–Crippen LogP) is 11.8. The lowest BCUT2D eigenvalue weighted by Crippen LogP contribution is -2.26. The summed E-state index contributed by atoms with van der Waals surface area (Å²) in [6.07, 6.45) is 6.21. The van der Waals surface area contributed by atoms with Crippen LogP contribution in [0.4, 0.5) is 0 Å². The molecule has 0 amide bonds. The lowest BCUT2D eigenvalue weighted by atomic mass is 9.70. The molecule has 2 nitrogen and oxygen atoms in total. The van der Waals surface area contributed by atoms with E-state index in [1.54, 1.807) is 0 Å². The van der Waals surface area contributed by atoms with Crippen molar-refractivity contribution in [2.24, 2.45) is 0 Å². The topological polar surface area (TPSA) is 17.8 Å². The minimum atomic E-state index is -0.393. The number of hydrogen-bond donors (Lipinski definition) is 0. The van der Waals surface area contributed by atoms with Crippen LogP contribution in [0.15, 0.2) is 176 Å². The summed E-state index contributed by atoms with van der Waals surface area (Å²) in [5.74, 6) is 0. The van der Waals surface area contributed by atoms with Crippen LogP contribution in [0.3, 0.4) is 0 Å². The zero-order valence-corrected chi connectivity index (χ0v) is 27.2. The van der Waals surface area contributed by atoms with E-state index in [9.17, 15) is 0 Å². The van der Waals surface area contributed by atoms with Crippen LogP contribution in [0.1, 0.15) is 29.2 Å². The quantitative estimate of drug-likeness (QED) is 0.178. The third-order valence-corrected chi connectivity index (χ3v) is 10.8. The predicted molar refractivity (Wildman–Crippen MR) is 205 cm³/mol. The highest BCUT2D eigenvalue weighted by Crippen LogP contribution is 2.62. The molecular weight excluding hydrogens is 593 g/mol. The van der Waals surface area contributed by atoms with Crippen molar-refractivity contribution in [3.63, 3.8) is 0 Å². The third-order valence-electron chi connectivity index (χ3n) is 10.8. The molecule has 0 aliphatic heterocycles. The highest BCUT2D eigenvalue weighted by atomic mass is 15.0. The number of fused-ring (bicyclic) bond motifs is 11. The Morgan fingerprint density at radius 3 is 2.08 bits per heavy atom. The normalized spacial score (nSPS) is 14.3. The van der Waals surface area contributed by atoms with Gasteiger partial charge in [0.05, 0.1) is 27.7 Å². The summed E-state index contributed by atoms with van der Waals surface area (Å²) >= 11 is 0. The Morgan fingerprint density at radius 1 is 0.612 bits per heavy atom. The molecule has 0 fully saturated rings. The van der Waals surface area contributed by atoms with Gasteiger partial charge in [0, 0.05) is 27.4 Å². The van der Waals surface area contributed by atoms with E-state index in [4.69, 9.17) is 4.98 Å². The van der Waals surface area contributed by atoms with Crippen LogP contribution in [-0.4, -0.2) is 9.55 Å². The average Bonchev–Trinajstić information content (AvgIpc) is 3.73. The van der Waals surface area contributed by atoms with Crippen LogP contribution >= 0.6 is 0 Å². The molecule has 0 saturated carbocycles. The Morgan fingerprint density at radius 2 is 1.31 bits per heavy atom. The summed E-state index contributed by atoms with van der Waals surface area (Å²) < 4.78 is 2.42. The molecule has 1 spiro atoms. The number of aromatic nitrogens is 2. The van der Waals surface area contributed by atoms with Gasteiger partial charge in [0.15, 0.2) is 0 Å². The molecule has 2 heterocycles. The maximum absolute atomic E-state index is 5.08. The van der Waals surface area contributed by atoms with Crippen molar-refractivity contribution < 1.29 is 0 Å². The summed E-state index contributed by atoms with van der Waals surface area (Å²) in [5, 5.41) is 3.61. The highest BCUT2D eigenvalue weighted by molar-refractivity contribution is 6.13. The SMILES string of the molecule is C=C/C=C\C1=C(C)C2(c3cc4c5cc(-c6ccc7ccccc7n6)ccc5n(-c5ccccc5)c4cc31)c1ccccc1-c1ccccc12. The van der Waals surface area contributed by atoms with Crippen molar-refractivity contribution in [3.8, 4) is 28.1 Å². The smallest absolute Gasteiger partial charge is 0.0709 e. The van der Waals surface area contributed by atoms with Crippen molar-refractivity contribution >= 4 is 38.3 Å². The number of rotatable bonds is 4. The maximum Gasteiger partial charge on any atom is 0.0709 e. The molecule has 6 aromatic carbocycles. The van der Waals surface area contributed by atoms with Crippen LogP contribution < -0.4 is 0 Å². The van der Waals surface area contributed by atoms with Gasteiger partial charge in [-0.05, 0) is 100.0 Å². The zero-order valence-electron chi connectivity index (χ0n) is 27.2. The van der Waals surface area contributed by atoms with E-state index in [2.05, 4.69) is 176 Å². The first-order valence-electron chi connectivity index (χ1n) is 16.9. The lowest BCUT2D eigenvalue weighted by molar-refractivity contribution is 0.768. The second kappa shape index (κ2) is 10.4. The first kappa shape index (κ1) is 27.8. The summed E-state index contributed by atoms with van der Waals surface area (Å²) in [6.45, 7) is 6.36. The van der Waals surface area contributed by atoms with Gasteiger partial charge in [-0.1, -0.05) is 122 Å². The number of benzene rings is 6. The second-order valence-electron chi connectivity index (χ2n) is 13.2. The third kappa shape index (κ3) is 3.74. The molecule has 0 saturated heterocycles. The second-order valence-corrected chi connectivity index (χ2v) is 13.2. The van der Waals surface area contributed by atoms with Crippen LogP contribution in [-0.2, 0) is 5.41 Å². The maximum atomic E-state index is 5.08.